The number of nitrogens with zero attached hydrogens (tertiary/aromatic N) is 1. The van der Waals surface area contributed by atoms with Crippen molar-refractivity contribution in [1.82, 2.24) is 10.2 Å². The van der Waals surface area contributed by atoms with Crippen molar-refractivity contribution in [3.63, 3.8) is 0 Å². The number of ether oxygens (including phenoxy) is 1. The standard InChI is InChI=1S/C19H28N2O2/c1-19(2,3)23-18(22)21-12-8-7-11-15-17(21)13-16(20-15)14-9-5-4-6-10-14/h4-6,9-10,15-17,20H,7-8,11-13H2,1-3H3/t15-,16-,17+/m1/s1. The number of hydrogen-bond acceptors (Lipinski definition) is 3. The van der Waals surface area contributed by atoms with Gasteiger partial charge in [-0.25, -0.2) is 4.79 Å². The van der Waals surface area contributed by atoms with E-state index in [4.69, 9.17) is 4.74 Å². The first-order valence-electron chi connectivity index (χ1n) is 8.75. The van der Waals surface area contributed by atoms with Crippen molar-refractivity contribution in [2.45, 2.75) is 70.2 Å². The van der Waals surface area contributed by atoms with Crippen molar-refractivity contribution in [2.75, 3.05) is 6.54 Å². The molecular weight excluding hydrogens is 288 g/mol. The van der Waals surface area contributed by atoms with Crippen molar-refractivity contribution in [2.24, 2.45) is 0 Å². The van der Waals surface area contributed by atoms with Gasteiger partial charge in [-0.15, -0.1) is 0 Å². The Balaban J connectivity index is 1.76. The van der Waals surface area contributed by atoms with Gasteiger partial charge in [-0.2, -0.15) is 0 Å². The number of amides is 1. The summed E-state index contributed by atoms with van der Waals surface area (Å²) in [6, 6.07) is 11.5. The molecular formula is C19H28N2O2. The van der Waals surface area contributed by atoms with Gasteiger partial charge in [-0.05, 0) is 45.6 Å². The van der Waals surface area contributed by atoms with Crippen LogP contribution in [0.4, 0.5) is 4.79 Å². The summed E-state index contributed by atoms with van der Waals surface area (Å²) in [7, 11) is 0. The lowest BCUT2D eigenvalue weighted by atomic mass is 10.0. The fraction of sp³-hybridized carbons (Fsp3) is 0.632. The van der Waals surface area contributed by atoms with E-state index in [0.29, 0.717) is 12.1 Å². The third-order valence-corrected chi connectivity index (χ3v) is 4.75. The molecule has 1 amide bonds. The summed E-state index contributed by atoms with van der Waals surface area (Å²) >= 11 is 0. The molecule has 3 rings (SSSR count). The predicted molar refractivity (Wildman–Crippen MR) is 91.3 cm³/mol. The number of rotatable bonds is 1. The first-order valence-corrected chi connectivity index (χ1v) is 8.75. The van der Waals surface area contributed by atoms with E-state index in [9.17, 15) is 4.79 Å². The average molecular weight is 316 g/mol. The Morgan fingerprint density at radius 3 is 2.65 bits per heavy atom. The lowest BCUT2D eigenvalue weighted by Crippen LogP contribution is -2.47. The Kier molecular flexibility index (Phi) is 4.62. The molecule has 2 saturated heterocycles. The second-order valence-electron chi connectivity index (χ2n) is 7.71. The molecule has 2 fully saturated rings. The highest BCUT2D eigenvalue weighted by molar-refractivity contribution is 5.69. The molecule has 3 atom stereocenters. The van der Waals surface area contributed by atoms with E-state index in [0.717, 1.165) is 32.2 Å². The number of carbonyl (C=O) groups excluding carboxylic acids is 1. The van der Waals surface area contributed by atoms with Gasteiger partial charge in [0.15, 0.2) is 0 Å². The number of carbonyl (C=O) groups is 1. The molecule has 0 bridgehead atoms. The van der Waals surface area contributed by atoms with E-state index in [1.165, 1.54) is 5.56 Å². The Hall–Kier alpha value is -1.55. The van der Waals surface area contributed by atoms with Gasteiger partial charge in [0.25, 0.3) is 0 Å². The van der Waals surface area contributed by atoms with Crippen LogP contribution in [0.2, 0.25) is 0 Å². The summed E-state index contributed by atoms with van der Waals surface area (Å²) in [6.45, 7) is 6.60. The van der Waals surface area contributed by atoms with Crippen molar-refractivity contribution >= 4 is 6.09 Å². The fourth-order valence-corrected chi connectivity index (χ4v) is 3.74. The molecule has 1 aromatic rings. The monoisotopic (exact) mass is 316 g/mol. The Morgan fingerprint density at radius 1 is 1.22 bits per heavy atom. The van der Waals surface area contributed by atoms with E-state index >= 15 is 0 Å². The van der Waals surface area contributed by atoms with Crippen LogP contribution in [0.3, 0.4) is 0 Å². The Morgan fingerprint density at radius 2 is 1.96 bits per heavy atom. The van der Waals surface area contributed by atoms with Gasteiger partial charge >= 0.3 is 6.09 Å². The lowest BCUT2D eigenvalue weighted by Gasteiger charge is -2.32. The third-order valence-electron chi connectivity index (χ3n) is 4.75. The van der Waals surface area contributed by atoms with E-state index in [-0.39, 0.29) is 12.1 Å². The molecule has 4 heteroatoms. The highest BCUT2D eigenvalue weighted by Crippen LogP contribution is 2.34. The van der Waals surface area contributed by atoms with E-state index in [2.05, 4.69) is 29.6 Å². The van der Waals surface area contributed by atoms with Crippen LogP contribution in [-0.2, 0) is 4.74 Å². The second kappa shape index (κ2) is 6.52. The van der Waals surface area contributed by atoms with Crippen LogP contribution < -0.4 is 5.32 Å². The topological polar surface area (TPSA) is 41.6 Å². The molecule has 0 spiro atoms. The molecule has 2 heterocycles. The van der Waals surface area contributed by atoms with Gasteiger partial charge in [0, 0.05) is 18.6 Å². The molecule has 0 aromatic heterocycles. The van der Waals surface area contributed by atoms with E-state index < -0.39 is 5.60 Å². The highest BCUT2D eigenvalue weighted by atomic mass is 16.6. The quantitative estimate of drug-likeness (QED) is 0.855. The molecule has 2 aliphatic rings. The normalized spacial score (nSPS) is 28.1. The number of fused-ring (bicyclic) bond motifs is 1. The van der Waals surface area contributed by atoms with Crippen molar-refractivity contribution in [3.05, 3.63) is 35.9 Å². The first-order chi connectivity index (χ1) is 10.9. The molecule has 1 aromatic carbocycles. The Labute approximate surface area is 139 Å². The van der Waals surface area contributed by atoms with Gasteiger partial charge in [-0.1, -0.05) is 36.8 Å². The molecule has 1 N–H and O–H groups in total. The first kappa shape index (κ1) is 16.3. The molecule has 0 aliphatic carbocycles. The third kappa shape index (κ3) is 3.86. The number of nitrogens with one attached hydrogen (secondary N) is 1. The zero-order valence-corrected chi connectivity index (χ0v) is 14.4. The maximum Gasteiger partial charge on any atom is 0.410 e. The molecule has 4 nitrogen and oxygen atoms in total. The minimum atomic E-state index is -0.441. The average Bonchev–Trinajstić information content (AvgIpc) is 2.80. The maximum absolute atomic E-state index is 12.6. The smallest absolute Gasteiger partial charge is 0.410 e. The summed E-state index contributed by atoms with van der Waals surface area (Å²) in [5, 5.41) is 3.75. The van der Waals surface area contributed by atoms with Crippen LogP contribution in [0.25, 0.3) is 0 Å². The molecule has 0 unspecified atom stereocenters. The van der Waals surface area contributed by atoms with E-state index in [1.54, 1.807) is 0 Å². The van der Waals surface area contributed by atoms with Crippen molar-refractivity contribution in [3.8, 4) is 0 Å². The number of likely N-dealkylation sites (tertiary alicyclic amines) is 1. The van der Waals surface area contributed by atoms with Crippen molar-refractivity contribution < 1.29 is 9.53 Å². The van der Waals surface area contributed by atoms with Crippen LogP contribution in [0, 0.1) is 0 Å². The van der Waals surface area contributed by atoms with Gasteiger partial charge < -0.3 is 15.0 Å². The molecule has 0 saturated carbocycles. The van der Waals surface area contributed by atoms with Gasteiger partial charge in [0.2, 0.25) is 0 Å². The fourth-order valence-electron chi connectivity index (χ4n) is 3.74. The van der Waals surface area contributed by atoms with Crippen LogP contribution >= 0.6 is 0 Å². The van der Waals surface area contributed by atoms with Gasteiger partial charge in [-0.3, -0.25) is 0 Å². The zero-order chi connectivity index (χ0) is 16.4. The molecule has 2 aliphatic heterocycles. The molecule has 126 valence electrons. The molecule has 0 radical (unpaired) electrons. The van der Waals surface area contributed by atoms with Crippen LogP contribution in [0.15, 0.2) is 30.3 Å². The summed E-state index contributed by atoms with van der Waals surface area (Å²) in [6.07, 6.45) is 4.16. The van der Waals surface area contributed by atoms with Gasteiger partial charge in [0.05, 0.1) is 6.04 Å². The van der Waals surface area contributed by atoms with Crippen LogP contribution in [0.1, 0.15) is 58.1 Å². The second-order valence-corrected chi connectivity index (χ2v) is 7.71. The number of benzene rings is 1. The molecule has 23 heavy (non-hydrogen) atoms. The minimum absolute atomic E-state index is 0.162. The summed E-state index contributed by atoms with van der Waals surface area (Å²) in [5.41, 5.74) is 0.869. The SMILES string of the molecule is CC(C)(C)OC(=O)N1CCCC[C@H]2N[C@@H](c3ccccc3)C[C@@H]21. The zero-order valence-electron chi connectivity index (χ0n) is 14.4. The lowest BCUT2D eigenvalue weighted by molar-refractivity contribution is 0.0162. The largest absolute Gasteiger partial charge is 0.444 e. The number of hydrogen-bond donors (Lipinski definition) is 1. The van der Waals surface area contributed by atoms with E-state index in [1.807, 2.05) is 31.7 Å². The van der Waals surface area contributed by atoms with Crippen LogP contribution in [-0.4, -0.2) is 35.2 Å². The highest BCUT2D eigenvalue weighted by Gasteiger charge is 2.41. The summed E-state index contributed by atoms with van der Waals surface area (Å²) in [5.74, 6) is 0. The maximum atomic E-state index is 12.6. The van der Waals surface area contributed by atoms with Crippen molar-refractivity contribution in [1.29, 1.82) is 0 Å². The predicted octanol–water partition coefficient (Wildman–Crippen LogP) is 3.88. The minimum Gasteiger partial charge on any atom is -0.444 e. The van der Waals surface area contributed by atoms with Crippen LogP contribution in [0.5, 0.6) is 0 Å². The summed E-state index contributed by atoms with van der Waals surface area (Å²) in [4.78, 5) is 14.6. The Bertz CT molecular complexity index is 538. The summed E-state index contributed by atoms with van der Waals surface area (Å²) < 4.78 is 5.64. The van der Waals surface area contributed by atoms with Gasteiger partial charge in [0.1, 0.15) is 5.60 Å².